The van der Waals surface area contributed by atoms with Crippen LogP contribution in [0, 0.1) is 11.8 Å². The second kappa shape index (κ2) is 10.2. The average Bonchev–Trinajstić information content (AvgIpc) is 2.53. The van der Waals surface area contributed by atoms with Crippen molar-refractivity contribution in [3.63, 3.8) is 0 Å². The Labute approximate surface area is 157 Å². The van der Waals surface area contributed by atoms with Crippen LogP contribution in [0.4, 0.5) is 11.4 Å². The Hall–Kier alpha value is -2.08. The van der Waals surface area contributed by atoms with Gasteiger partial charge in [-0.05, 0) is 29.7 Å². The molecule has 0 saturated carbocycles. The molecule has 0 unspecified atom stereocenters. The maximum atomic E-state index is 12.4. The SMILES string of the molecule is COCC(=O)N(Cc1cc(NC(=O)C(C)C)ccc1N(C)C)CC(C)C. The van der Waals surface area contributed by atoms with Gasteiger partial charge in [0, 0.05) is 51.6 Å². The molecule has 0 aliphatic carbocycles. The highest BCUT2D eigenvalue weighted by atomic mass is 16.5. The molecule has 1 N–H and O–H groups in total. The number of carbonyl (C=O) groups is 2. The molecule has 2 amide bonds. The zero-order valence-corrected chi connectivity index (χ0v) is 17.1. The van der Waals surface area contributed by atoms with E-state index in [9.17, 15) is 9.59 Å². The third kappa shape index (κ3) is 6.67. The largest absolute Gasteiger partial charge is 0.377 e. The lowest BCUT2D eigenvalue weighted by Crippen LogP contribution is -2.36. The van der Waals surface area contributed by atoms with Crippen molar-refractivity contribution in [2.45, 2.75) is 34.2 Å². The van der Waals surface area contributed by atoms with Gasteiger partial charge < -0.3 is 19.9 Å². The summed E-state index contributed by atoms with van der Waals surface area (Å²) in [4.78, 5) is 28.3. The Morgan fingerprint density at radius 2 is 1.81 bits per heavy atom. The zero-order valence-electron chi connectivity index (χ0n) is 17.1. The normalized spacial score (nSPS) is 11.0. The minimum atomic E-state index is -0.0901. The van der Waals surface area contributed by atoms with Crippen molar-refractivity contribution < 1.29 is 14.3 Å². The number of nitrogens with one attached hydrogen (secondary N) is 1. The molecular formula is C20H33N3O3. The third-order valence-electron chi connectivity index (χ3n) is 3.92. The van der Waals surface area contributed by atoms with Crippen molar-refractivity contribution in [3.05, 3.63) is 23.8 Å². The predicted octanol–water partition coefficient (Wildman–Crippen LogP) is 2.98. The molecule has 0 spiro atoms. The highest BCUT2D eigenvalue weighted by Crippen LogP contribution is 2.25. The number of hydrogen-bond acceptors (Lipinski definition) is 4. The molecule has 0 bridgehead atoms. The van der Waals surface area contributed by atoms with Crippen LogP contribution in [0.25, 0.3) is 0 Å². The lowest BCUT2D eigenvalue weighted by molar-refractivity contribution is -0.136. The lowest BCUT2D eigenvalue weighted by Gasteiger charge is -2.27. The summed E-state index contributed by atoms with van der Waals surface area (Å²) in [6.07, 6.45) is 0. The summed E-state index contributed by atoms with van der Waals surface area (Å²) in [5, 5.41) is 2.93. The number of carbonyl (C=O) groups excluding carboxylic acids is 2. The van der Waals surface area contributed by atoms with Crippen molar-refractivity contribution >= 4 is 23.2 Å². The molecule has 1 aromatic carbocycles. The zero-order chi connectivity index (χ0) is 19.9. The fourth-order valence-electron chi connectivity index (χ4n) is 2.63. The summed E-state index contributed by atoms with van der Waals surface area (Å²) in [5.41, 5.74) is 2.75. The minimum Gasteiger partial charge on any atom is -0.377 e. The van der Waals surface area contributed by atoms with Gasteiger partial charge in [-0.1, -0.05) is 27.7 Å². The Morgan fingerprint density at radius 1 is 1.15 bits per heavy atom. The Morgan fingerprint density at radius 3 is 2.31 bits per heavy atom. The molecule has 0 aliphatic rings. The van der Waals surface area contributed by atoms with Gasteiger partial charge in [-0.2, -0.15) is 0 Å². The second-order valence-corrected chi connectivity index (χ2v) is 7.48. The molecule has 0 fully saturated rings. The van der Waals surface area contributed by atoms with Crippen LogP contribution in [0.15, 0.2) is 18.2 Å². The molecule has 0 atom stereocenters. The summed E-state index contributed by atoms with van der Waals surface area (Å²) in [6.45, 7) is 9.07. The second-order valence-electron chi connectivity index (χ2n) is 7.48. The smallest absolute Gasteiger partial charge is 0.248 e. The highest BCUT2D eigenvalue weighted by molar-refractivity contribution is 5.92. The molecule has 6 nitrogen and oxygen atoms in total. The van der Waals surface area contributed by atoms with Crippen LogP contribution in [0.2, 0.25) is 0 Å². The highest BCUT2D eigenvalue weighted by Gasteiger charge is 2.18. The molecule has 6 heteroatoms. The van der Waals surface area contributed by atoms with E-state index in [0.717, 1.165) is 16.9 Å². The topological polar surface area (TPSA) is 61.9 Å². The monoisotopic (exact) mass is 363 g/mol. The van der Waals surface area contributed by atoms with Gasteiger partial charge in [-0.15, -0.1) is 0 Å². The van der Waals surface area contributed by atoms with E-state index in [1.807, 2.05) is 55.9 Å². The Bertz CT molecular complexity index is 612. The van der Waals surface area contributed by atoms with E-state index >= 15 is 0 Å². The van der Waals surface area contributed by atoms with Gasteiger partial charge in [0.2, 0.25) is 11.8 Å². The van der Waals surface area contributed by atoms with E-state index in [2.05, 4.69) is 19.2 Å². The number of ether oxygens (including phenoxy) is 1. The van der Waals surface area contributed by atoms with Gasteiger partial charge in [-0.25, -0.2) is 0 Å². The minimum absolute atomic E-state index is 0.0250. The van der Waals surface area contributed by atoms with E-state index in [4.69, 9.17) is 4.74 Å². The summed E-state index contributed by atoms with van der Waals surface area (Å²) >= 11 is 0. The molecule has 1 aromatic rings. The standard InChI is InChI=1S/C20H33N3O3/c1-14(2)11-23(19(24)13-26-7)12-16-10-17(21-20(25)15(3)4)8-9-18(16)22(5)6/h8-10,14-15H,11-13H2,1-7H3,(H,21,25). The number of hydrogen-bond donors (Lipinski definition) is 1. The Kier molecular flexibility index (Phi) is 8.58. The van der Waals surface area contributed by atoms with Crippen LogP contribution >= 0.6 is 0 Å². The first-order chi connectivity index (χ1) is 12.1. The van der Waals surface area contributed by atoms with Crippen LogP contribution < -0.4 is 10.2 Å². The molecule has 0 saturated heterocycles. The van der Waals surface area contributed by atoms with Crippen LogP contribution in [0.1, 0.15) is 33.3 Å². The van der Waals surface area contributed by atoms with Crippen molar-refractivity contribution in [1.29, 1.82) is 0 Å². The number of methoxy groups -OCH3 is 1. The first-order valence-corrected chi connectivity index (χ1v) is 9.03. The van der Waals surface area contributed by atoms with E-state index in [1.54, 1.807) is 0 Å². The molecular weight excluding hydrogens is 330 g/mol. The quantitative estimate of drug-likeness (QED) is 0.733. The van der Waals surface area contributed by atoms with Crippen molar-refractivity contribution in [1.82, 2.24) is 4.90 Å². The molecule has 1 rings (SSSR count). The van der Waals surface area contributed by atoms with Gasteiger partial charge in [0.15, 0.2) is 0 Å². The van der Waals surface area contributed by atoms with E-state index < -0.39 is 0 Å². The summed E-state index contributed by atoms with van der Waals surface area (Å²) in [5.74, 6) is 0.195. The van der Waals surface area contributed by atoms with Gasteiger partial charge in [0.05, 0.1) is 0 Å². The molecule has 0 radical (unpaired) electrons. The fourth-order valence-corrected chi connectivity index (χ4v) is 2.63. The number of rotatable bonds is 9. The van der Waals surface area contributed by atoms with E-state index in [1.165, 1.54) is 7.11 Å². The first kappa shape index (κ1) is 22.0. The number of nitrogens with zero attached hydrogens (tertiary/aromatic N) is 2. The molecule has 0 aliphatic heterocycles. The van der Waals surface area contributed by atoms with Crippen molar-refractivity contribution in [3.8, 4) is 0 Å². The molecule has 26 heavy (non-hydrogen) atoms. The predicted molar refractivity (Wildman–Crippen MR) is 106 cm³/mol. The lowest BCUT2D eigenvalue weighted by atomic mass is 10.1. The third-order valence-corrected chi connectivity index (χ3v) is 3.92. The fraction of sp³-hybridized carbons (Fsp3) is 0.600. The summed E-state index contributed by atoms with van der Waals surface area (Å²) in [7, 11) is 5.46. The van der Waals surface area contributed by atoms with Gasteiger partial charge in [0.25, 0.3) is 0 Å². The number of anilines is 2. The maximum absolute atomic E-state index is 12.4. The molecule has 146 valence electrons. The summed E-state index contributed by atoms with van der Waals surface area (Å²) < 4.78 is 5.03. The summed E-state index contributed by atoms with van der Waals surface area (Å²) in [6, 6.07) is 5.81. The van der Waals surface area contributed by atoms with Crippen LogP contribution in [0.3, 0.4) is 0 Å². The molecule has 0 aromatic heterocycles. The van der Waals surface area contributed by atoms with E-state index in [0.29, 0.717) is 19.0 Å². The van der Waals surface area contributed by atoms with Crippen molar-refractivity contribution in [2.75, 3.05) is 44.6 Å². The average molecular weight is 364 g/mol. The molecule has 0 heterocycles. The van der Waals surface area contributed by atoms with Gasteiger partial charge in [-0.3, -0.25) is 9.59 Å². The first-order valence-electron chi connectivity index (χ1n) is 9.03. The maximum Gasteiger partial charge on any atom is 0.248 e. The van der Waals surface area contributed by atoms with E-state index in [-0.39, 0.29) is 24.3 Å². The van der Waals surface area contributed by atoms with Gasteiger partial charge >= 0.3 is 0 Å². The number of amides is 2. The van der Waals surface area contributed by atoms with Crippen LogP contribution in [-0.2, 0) is 20.9 Å². The Balaban J connectivity index is 3.15. The van der Waals surface area contributed by atoms with Crippen LogP contribution in [0.5, 0.6) is 0 Å². The van der Waals surface area contributed by atoms with Crippen molar-refractivity contribution in [2.24, 2.45) is 11.8 Å². The number of benzene rings is 1. The van der Waals surface area contributed by atoms with Crippen LogP contribution in [-0.4, -0.2) is 51.1 Å². The van der Waals surface area contributed by atoms with Gasteiger partial charge in [0.1, 0.15) is 6.61 Å².